The maximum atomic E-state index is 5.95. The lowest BCUT2D eigenvalue weighted by atomic mass is 10.0. The summed E-state index contributed by atoms with van der Waals surface area (Å²) in [6.07, 6.45) is 1.80. The monoisotopic (exact) mass is 517 g/mol. The Balaban J connectivity index is 1.44. The molecule has 0 unspecified atom stereocenters. The Morgan fingerprint density at radius 1 is 0.769 bits per heavy atom. The van der Waals surface area contributed by atoms with Crippen LogP contribution in [-0.2, 0) is 4.74 Å². The van der Waals surface area contributed by atoms with Crippen molar-refractivity contribution in [3.8, 4) is 34.0 Å². The van der Waals surface area contributed by atoms with E-state index < -0.39 is 0 Å². The normalized spacial score (nSPS) is 11.1. The van der Waals surface area contributed by atoms with Crippen molar-refractivity contribution in [1.29, 1.82) is 0 Å². The number of nitrogens with zero attached hydrogens (tertiary/aromatic N) is 3. The molecule has 8 nitrogen and oxygen atoms in total. The molecule has 0 amide bonds. The summed E-state index contributed by atoms with van der Waals surface area (Å²) in [6.45, 7) is 0.858. The van der Waals surface area contributed by atoms with Crippen LogP contribution in [0, 0.1) is 0 Å². The van der Waals surface area contributed by atoms with E-state index in [1.165, 1.54) is 0 Å². The molecule has 6 rings (SSSR count). The summed E-state index contributed by atoms with van der Waals surface area (Å²) in [5, 5.41) is 12.4. The summed E-state index contributed by atoms with van der Waals surface area (Å²) in [5.74, 6) is 2.45. The summed E-state index contributed by atoms with van der Waals surface area (Å²) in [5.41, 5.74) is 5.77. The summed E-state index contributed by atoms with van der Waals surface area (Å²) in [7, 11) is 3.26. The number of nitrogens with one attached hydrogen (secondary N) is 2. The van der Waals surface area contributed by atoms with Crippen LogP contribution in [-0.4, -0.2) is 47.6 Å². The summed E-state index contributed by atoms with van der Waals surface area (Å²) in [4.78, 5) is 9.87. The van der Waals surface area contributed by atoms with Gasteiger partial charge >= 0.3 is 0 Å². The van der Waals surface area contributed by atoms with Crippen molar-refractivity contribution < 1.29 is 14.2 Å². The molecule has 2 heterocycles. The van der Waals surface area contributed by atoms with Crippen LogP contribution < -0.4 is 14.8 Å². The zero-order valence-electron chi connectivity index (χ0n) is 21.6. The number of benzene rings is 4. The largest absolute Gasteiger partial charge is 0.493 e. The number of fused-ring (bicyclic) bond motifs is 2. The number of ether oxygens (including phenoxy) is 3. The first-order chi connectivity index (χ1) is 19.2. The number of anilines is 2. The van der Waals surface area contributed by atoms with Crippen molar-refractivity contribution in [1.82, 2.24) is 20.2 Å². The quantitative estimate of drug-likeness (QED) is 0.208. The molecule has 0 saturated heterocycles. The molecule has 0 spiro atoms. The fraction of sp³-hybridized carbons (Fsp3) is 0.129. The van der Waals surface area contributed by atoms with Crippen molar-refractivity contribution >= 4 is 33.3 Å². The van der Waals surface area contributed by atoms with Gasteiger partial charge in [0.05, 0.1) is 30.9 Å². The second kappa shape index (κ2) is 10.8. The predicted octanol–water partition coefficient (Wildman–Crippen LogP) is 6.62. The van der Waals surface area contributed by atoms with Gasteiger partial charge in [-0.25, -0.2) is 9.97 Å². The van der Waals surface area contributed by atoms with Crippen molar-refractivity contribution in [3.05, 3.63) is 91.1 Å². The lowest BCUT2D eigenvalue weighted by molar-refractivity contribution is 0.144. The third-order valence-electron chi connectivity index (χ3n) is 6.48. The van der Waals surface area contributed by atoms with Gasteiger partial charge in [-0.2, -0.15) is 5.10 Å². The fourth-order valence-corrected chi connectivity index (χ4v) is 4.47. The highest BCUT2D eigenvalue weighted by Gasteiger charge is 2.16. The molecular weight excluding hydrogens is 490 g/mol. The first-order valence-electron chi connectivity index (χ1n) is 12.6. The average Bonchev–Trinajstić information content (AvgIpc) is 3.45. The topological polar surface area (TPSA) is 94.2 Å². The van der Waals surface area contributed by atoms with E-state index in [2.05, 4.69) is 39.8 Å². The molecule has 0 fully saturated rings. The van der Waals surface area contributed by atoms with Gasteiger partial charge in [-0.15, -0.1) is 0 Å². The van der Waals surface area contributed by atoms with Gasteiger partial charge < -0.3 is 19.5 Å². The van der Waals surface area contributed by atoms with Crippen molar-refractivity contribution in [3.63, 3.8) is 0 Å². The Labute approximate surface area is 225 Å². The van der Waals surface area contributed by atoms with Crippen molar-refractivity contribution in [2.75, 3.05) is 32.8 Å². The minimum Gasteiger partial charge on any atom is -0.493 e. The van der Waals surface area contributed by atoms with E-state index in [-0.39, 0.29) is 0 Å². The van der Waals surface area contributed by atoms with Crippen LogP contribution in [0.2, 0.25) is 0 Å². The molecule has 0 aliphatic carbocycles. The maximum absolute atomic E-state index is 5.95. The Kier molecular flexibility index (Phi) is 6.76. The second-order valence-electron chi connectivity index (χ2n) is 9.00. The van der Waals surface area contributed by atoms with E-state index >= 15 is 0 Å². The highest BCUT2D eigenvalue weighted by atomic mass is 16.5. The number of rotatable bonds is 9. The fourth-order valence-electron chi connectivity index (χ4n) is 4.47. The molecule has 0 radical (unpaired) electrons. The Morgan fingerprint density at radius 2 is 1.56 bits per heavy atom. The highest BCUT2D eigenvalue weighted by molar-refractivity contribution is 5.95. The molecule has 8 heteroatoms. The molecule has 2 aromatic heterocycles. The van der Waals surface area contributed by atoms with Gasteiger partial charge in [-0.3, -0.25) is 5.10 Å². The molecule has 2 N–H and O–H groups in total. The molecule has 0 atom stereocenters. The van der Waals surface area contributed by atoms with E-state index in [4.69, 9.17) is 24.2 Å². The third-order valence-corrected chi connectivity index (χ3v) is 6.48. The van der Waals surface area contributed by atoms with Crippen LogP contribution in [0.4, 0.5) is 11.5 Å². The van der Waals surface area contributed by atoms with Gasteiger partial charge in [0.2, 0.25) is 0 Å². The van der Waals surface area contributed by atoms with Gasteiger partial charge in [0.25, 0.3) is 0 Å². The molecule has 0 aliphatic heterocycles. The molecule has 39 heavy (non-hydrogen) atoms. The molecule has 0 saturated carbocycles. The first-order valence-corrected chi connectivity index (χ1v) is 12.6. The predicted molar refractivity (Wildman–Crippen MR) is 154 cm³/mol. The number of hydrogen-bond donors (Lipinski definition) is 2. The molecule has 0 aliphatic rings. The van der Waals surface area contributed by atoms with Gasteiger partial charge in [0, 0.05) is 35.2 Å². The summed E-state index contributed by atoms with van der Waals surface area (Å²) < 4.78 is 16.7. The highest BCUT2D eigenvalue weighted by Crippen LogP contribution is 2.37. The van der Waals surface area contributed by atoms with Crippen LogP contribution >= 0.6 is 0 Å². The minimum absolute atomic E-state index is 0.394. The first kappa shape index (κ1) is 24.4. The Hall–Kier alpha value is -4.95. The number of methoxy groups -OCH3 is 2. The van der Waals surface area contributed by atoms with E-state index in [9.17, 15) is 0 Å². The van der Waals surface area contributed by atoms with E-state index in [1.807, 2.05) is 60.7 Å². The summed E-state index contributed by atoms with van der Waals surface area (Å²) >= 11 is 0. The maximum Gasteiger partial charge on any atom is 0.162 e. The van der Waals surface area contributed by atoms with Gasteiger partial charge in [0.15, 0.2) is 17.3 Å². The summed E-state index contributed by atoms with van der Waals surface area (Å²) in [6, 6.07) is 28.3. The smallest absolute Gasteiger partial charge is 0.162 e. The van der Waals surface area contributed by atoms with Gasteiger partial charge in [-0.05, 0) is 35.4 Å². The van der Waals surface area contributed by atoms with Gasteiger partial charge in [-0.1, -0.05) is 54.6 Å². The lowest BCUT2D eigenvalue weighted by Gasteiger charge is -2.15. The molecule has 194 valence electrons. The van der Waals surface area contributed by atoms with Crippen LogP contribution in [0.15, 0.2) is 91.1 Å². The van der Waals surface area contributed by atoms with E-state index in [0.29, 0.717) is 36.4 Å². The van der Waals surface area contributed by atoms with E-state index in [0.717, 1.165) is 44.2 Å². The minimum atomic E-state index is 0.394. The number of aromatic nitrogens is 4. The van der Waals surface area contributed by atoms with E-state index in [1.54, 1.807) is 20.4 Å². The second-order valence-corrected chi connectivity index (χ2v) is 9.00. The zero-order chi connectivity index (χ0) is 26.6. The zero-order valence-corrected chi connectivity index (χ0v) is 21.6. The number of H-pyrrole nitrogens is 1. The van der Waals surface area contributed by atoms with Crippen molar-refractivity contribution in [2.45, 2.75) is 0 Å². The Bertz CT molecular complexity index is 1730. The number of aromatic amines is 1. The standard InChI is InChI=1S/C31H27N5O3/c1-37-14-15-39-29-17-25-27(18-28(29)38-2)34-30(22-10-8-21(9-11-22)20-6-4-3-5-7-20)35-31(25)33-24-12-13-26-23(16-24)19-32-36-26/h3-13,16-19H,14-15H2,1-2H3,(H,32,36)(H,33,34,35). The molecule has 4 aromatic carbocycles. The van der Waals surface area contributed by atoms with Crippen molar-refractivity contribution in [2.24, 2.45) is 0 Å². The SMILES string of the molecule is COCCOc1cc2c(Nc3ccc4[nH]ncc4c3)nc(-c3ccc(-c4ccccc4)cc3)nc2cc1OC. The van der Waals surface area contributed by atoms with Crippen LogP contribution in [0.25, 0.3) is 44.3 Å². The third kappa shape index (κ3) is 5.10. The average molecular weight is 518 g/mol. The van der Waals surface area contributed by atoms with Crippen LogP contribution in [0.5, 0.6) is 11.5 Å². The van der Waals surface area contributed by atoms with Crippen LogP contribution in [0.3, 0.4) is 0 Å². The van der Waals surface area contributed by atoms with Crippen LogP contribution in [0.1, 0.15) is 0 Å². The molecule has 0 bridgehead atoms. The molecular formula is C31H27N5O3. The number of hydrogen-bond acceptors (Lipinski definition) is 7. The molecule has 6 aromatic rings. The lowest BCUT2D eigenvalue weighted by Crippen LogP contribution is -2.06. The van der Waals surface area contributed by atoms with Gasteiger partial charge in [0.1, 0.15) is 12.4 Å². The Morgan fingerprint density at radius 3 is 2.36 bits per heavy atom.